The van der Waals surface area contributed by atoms with E-state index < -0.39 is 0 Å². The number of hydrogen-bond donors (Lipinski definition) is 1. The van der Waals surface area contributed by atoms with Gasteiger partial charge in [-0.15, -0.1) is 0 Å². The summed E-state index contributed by atoms with van der Waals surface area (Å²) in [5, 5.41) is 3.18. The zero-order chi connectivity index (χ0) is 25.6. The van der Waals surface area contributed by atoms with Crippen LogP contribution in [-0.4, -0.2) is 85.5 Å². The maximum absolute atomic E-state index is 13.5. The number of nitrogens with zero attached hydrogens (tertiary/aromatic N) is 3. The van der Waals surface area contributed by atoms with E-state index in [4.69, 9.17) is 4.74 Å². The molecule has 1 atom stereocenters. The van der Waals surface area contributed by atoms with Gasteiger partial charge >= 0.3 is 0 Å². The fourth-order valence-corrected chi connectivity index (χ4v) is 5.53. The summed E-state index contributed by atoms with van der Waals surface area (Å²) in [6, 6.07) is 17.7. The predicted molar refractivity (Wildman–Crippen MR) is 141 cm³/mol. The molecule has 5 rings (SSSR count). The molecule has 3 fully saturated rings. The Bertz CT molecular complexity index is 1090. The summed E-state index contributed by atoms with van der Waals surface area (Å²) < 4.78 is 5.55. The van der Waals surface area contributed by atoms with Crippen LogP contribution in [0.2, 0.25) is 0 Å². The topological polar surface area (TPSA) is 82.2 Å². The van der Waals surface area contributed by atoms with Gasteiger partial charge in [0.05, 0.1) is 12.0 Å². The number of piperazine rings is 1. The Hall–Kier alpha value is -3.39. The first-order chi connectivity index (χ1) is 18.1. The zero-order valence-corrected chi connectivity index (χ0v) is 21.3. The first kappa shape index (κ1) is 25.3. The summed E-state index contributed by atoms with van der Waals surface area (Å²) in [6.07, 6.45) is 3.49. The van der Waals surface area contributed by atoms with E-state index in [1.54, 1.807) is 0 Å². The number of hydrogen-bond acceptors (Lipinski definition) is 5. The number of amides is 3. The molecule has 0 radical (unpaired) electrons. The highest BCUT2D eigenvalue weighted by Crippen LogP contribution is 2.26. The molecular formula is C29H36N4O4. The molecule has 1 N–H and O–H groups in total. The van der Waals surface area contributed by atoms with Crippen LogP contribution in [0.1, 0.15) is 41.6 Å². The summed E-state index contributed by atoms with van der Waals surface area (Å²) >= 11 is 0. The molecule has 3 aliphatic heterocycles. The second-order valence-electron chi connectivity index (χ2n) is 10.1. The molecule has 0 saturated carbocycles. The van der Waals surface area contributed by atoms with Gasteiger partial charge in [0.2, 0.25) is 5.91 Å². The van der Waals surface area contributed by atoms with Gasteiger partial charge in [-0.3, -0.25) is 14.4 Å². The monoisotopic (exact) mass is 504 g/mol. The van der Waals surface area contributed by atoms with E-state index in [2.05, 4.69) is 10.2 Å². The van der Waals surface area contributed by atoms with Crippen molar-refractivity contribution in [2.75, 3.05) is 50.8 Å². The number of ether oxygens (including phenoxy) is 1. The largest absolute Gasteiger partial charge is 0.371 e. The van der Waals surface area contributed by atoms with Crippen molar-refractivity contribution in [2.45, 2.75) is 44.2 Å². The third kappa shape index (κ3) is 6.13. The van der Waals surface area contributed by atoms with Crippen molar-refractivity contribution >= 4 is 23.4 Å². The lowest BCUT2D eigenvalue weighted by atomic mass is 10.0. The van der Waals surface area contributed by atoms with Gasteiger partial charge in [0.25, 0.3) is 11.8 Å². The summed E-state index contributed by atoms with van der Waals surface area (Å²) in [7, 11) is 0. The number of para-hydroxylation sites is 1. The number of benzene rings is 2. The lowest BCUT2D eigenvalue weighted by molar-refractivity contribution is -0.142. The molecule has 0 bridgehead atoms. The minimum Gasteiger partial charge on any atom is -0.371 e. The molecule has 0 aliphatic carbocycles. The van der Waals surface area contributed by atoms with Crippen LogP contribution in [0.4, 0.5) is 5.69 Å². The SMILES string of the molecule is O=C(Cc1ccccc1)NC1CCN(c2ccccc2C(=O)N2CCN(C(=O)C3CCCO3)CC2)CC1. The van der Waals surface area contributed by atoms with Gasteiger partial charge in [0.15, 0.2) is 0 Å². The van der Waals surface area contributed by atoms with E-state index in [1.807, 2.05) is 64.4 Å². The van der Waals surface area contributed by atoms with Gasteiger partial charge < -0.3 is 24.8 Å². The molecular weight excluding hydrogens is 468 g/mol. The molecule has 2 aromatic carbocycles. The van der Waals surface area contributed by atoms with Gasteiger partial charge in [-0.1, -0.05) is 42.5 Å². The number of carbonyl (C=O) groups excluding carboxylic acids is 3. The van der Waals surface area contributed by atoms with Crippen LogP contribution < -0.4 is 10.2 Å². The highest BCUT2D eigenvalue weighted by Gasteiger charge is 2.32. The van der Waals surface area contributed by atoms with Crippen molar-refractivity contribution in [3.63, 3.8) is 0 Å². The quantitative estimate of drug-likeness (QED) is 0.654. The van der Waals surface area contributed by atoms with E-state index in [1.165, 1.54) is 0 Å². The maximum Gasteiger partial charge on any atom is 0.256 e. The molecule has 3 aliphatic rings. The Labute approximate surface area is 218 Å². The van der Waals surface area contributed by atoms with Crippen LogP contribution in [-0.2, 0) is 20.7 Å². The van der Waals surface area contributed by atoms with Crippen molar-refractivity contribution in [1.29, 1.82) is 0 Å². The highest BCUT2D eigenvalue weighted by atomic mass is 16.5. The first-order valence-electron chi connectivity index (χ1n) is 13.5. The van der Waals surface area contributed by atoms with Crippen LogP contribution in [0.25, 0.3) is 0 Å². The zero-order valence-electron chi connectivity index (χ0n) is 21.3. The Morgan fingerprint density at radius 2 is 1.49 bits per heavy atom. The fourth-order valence-electron chi connectivity index (χ4n) is 5.53. The Morgan fingerprint density at radius 3 is 2.19 bits per heavy atom. The molecule has 1 unspecified atom stereocenters. The molecule has 0 spiro atoms. The molecule has 8 nitrogen and oxygen atoms in total. The molecule has 2 aromatic rings. The minimum atomic E-state index is -0.311. The standard InChI is InChI=1S/C29H36N4O4/c34-27(21-22-7-2-1-3-8-22)30-23-12-14-31(15-13-23)25-10-5-4-9-24(25)28(35)32-16-18-33(19-17-32)29(36)26-11-6-20-37-26/h1-5,7-10,23,26H,6,11-21H2,(H,30,34). The van der Waals surface area contributed by atoms with Crippen LogP contribution in [0.3, 0.4) is 0 Å². The number of piperidine rings is 1. The van der Waals surface area contributed by atoms with Crippen molar-refractivity contribution in [1.82, 2.24) is 15.1 Å². The van der Waals surface area contributed by atoms with Gasteiger partial charge in [0.1, 0.15) is 6.10 Å². The summed E-state index contributed by atoms with van der Waals surface area (Å²) in [5.74, 6) is 0.124. The fraction of sp³-hybridized carbons (Fsp3) is 0.483. The average Bonchev–Trinajstić information content (AvgIpc) is 3.49. The third-order valence-corrected chi connectivity index (χ3v) is 7.63. The normalized spacial score (nSPS) is 20.6. The molecule has 3 amide bonds. The van der Waals surface area contributed by atoms with E-state index in [9.17, 15) is 14.4 Å². The van der Waals surface area contributed by atoms with Crippen LogP contribution in [0, 0.1) is 0 Å². The lowest BCUT2D eigenvalue weighted by Gasteiger charge is -2.37. The summed E-state index contributed by atoms with van der Waals surface area (Å²) in [5.41, 5.74) is 2.66. The third-order valence-electron chi connectivity index (χ3n) is 7.63. The van der Waals surface area contributed by atoms with Gasteiger partial charge in [-0.05, 0) is 43.4 Å². The Kier molecular flexibility index (Phi) is 8.04. The molecule has 3 heterocycles. The Balaban J connectivity index is 1.14. The number of anilines is 1. The summed E-state index contributed by atoms with van der Waals surface area (Å²) in [6.45, 7) is 4.36. The van der Waals surface area contributed by atoms with E-state index in [-0.39, 0.29) is 29.9 Å². The lowest BCUT2D eigenvalue weighted by Crippen LogP contribution is -2.53. The average molecular weight is 505 g/mol. The van der Waals surface area contributed by atoms with E-state index >= 15 is 0 Å². The first-order valence-corrected chi connectivity index (χ1v) is 13.5. The van der Waals surface area contributed by atoms with Gasteiger partial charge in [-0.25, -0.2) is 0 Å². The summed E-state index contributed by atoms with van der Waals surface area (Å²) in [4.78, 5) is 44.6. The van der Waals surface area contributed by atoms with Gasteiger partial charge in [-0.2, -0.15) is 0 Å². The smallest absolute Gasteiger partial charge is 0.256 e. The van der Waals surface area contributed by atoms with Crippen molar-refractivity contribution in [2.24, 2.45) is 0 Å². The molecule has 3 saturated heterocycles. The second kappa shape index (κ2) is 11.8. The van der Waals surface area contributed by atoms with Gasteiger partial charge in [0, 0.05) is 57.6 Å². The van der Waals surface area contributed by atoms with Crippen LogP contribution >= 0.6 is 0 Å². The number of carbonyl (C=O) groups is 3. The van der Waals surface area contributed by atoms with Crippen molar-refractivity contribution in [3.05, 3.63) is 65.7 Å². The van der Waals surface area contributed by atoms with Crippen LogP contribution in [0.5, 0.6) is 0 Å². The second-order valence-corrected chi connectivity index (χ2v) is 10.1. The van der Waals surface area contributed by atoms with Crippen molar-refractivity contribution < 1.29 is 19.1 Å². The molecule has 8 heteroatoms. The molecule has 196 valence electrons. The van der Waals surface area contributed by atoms with Crippen LogP contribution in [0.15, 0.2) is 54.6 Å². The highest BCUT2D eigenvalue weighted by molar-refractivity contribution is 6.00. The number of rotatable bonds is 6. The van der Waals surface area contributed by atoms with E-state index in [0.717, 1.165) is 50.0 Å². The number of nitrogens with one attached hydrogen (secondary N) is 1. The minimum absolute atomic E-state index is 0.0121. The maximum atomic E-state index is 13.5. The van der Waals surface area contributed by atoms with E-state index in [0.29, 0.717) is 44.8 Å². The molecule has 37 heavy (non-hydrogen) atoms. The predicted octanol–water partition coefficient (Wildman–Crippen LogP) is 2.48. The Morgan fingerprint density at radius 1 is 0.811 bits per heavy atom. The van der Waals surface area contributed by atoms with Crippen molar-refractivity contribution in [3.8, 4) is 0 Å². The molecule has 0 aromatic heterocycles.